The fourth-order valence-electron chi connectivity index (χ4n) is 1.28. The zero-order chi connectivity index (χ0) is 13.8. The van der Waals surface area contributed by atoms with E-state index in [1.54, 1.807) is 25.1 Å². The molecule has 0 atom stereocenters. The first-order valence-electron chi connectivity index (χ1n) is 4.98. The van der Waals surface area contributed by atoms with Crippen LogP contribution in [0, 0.1) is 6.92 Å². The summed E-state index contributed by atoms with van der Waals surface area (Å²) in [5, 5.41) is 0. The van der Waals surface area contributed by atoms with Gasteiger partial charge in [-0.15, -0.1) is 0 Å². The van der Waals surface area contributed by atoms with Crippen molar-refractivity contribution in [2.75, 3.05) is 12.3 Å². The van der Waals surface area contributed by atoms with Gasteiger partial charge in [0.05, 0.1) is 4.90 Å². The minimum atomic E-state index is -4.34. The van der Waals surface area contributed by atoms with E-state index >= 15 is 0 Å². The summed E-state index contributed by atoms with van der Waals surface area (Å²) < 4.78 is 61.2. The quantitative estimate of drug-likeness (QED) is 0.850. The smallest absolute Gasteiger partial charge is 0.210 e. The van der Waals surface area contributed by atoms with E-state index < -0.39 is 15.5 Å². The third-order valence-corrected chi connectivity index (χ3v) is 4.40. The highest BCUT2D eigenvalue weighted by molar-refractivity contribution is 8.00. The van der Waals surface area contributed by atoms with Crippen LogP contribution in [0.1, 0.15) is 5.56 Å². The van der Waals surface area contributed by atoms with Crippen LogP contribution in [0.2, 0.25) is 0 Å². The van der Waals surface area contributed by atoms with Gasteiger partial charge in [0.15, 0.2) is 0 Å². The lowest BCUT2D eigenvalue weighted by atomic mass is 10.2. The molecule has 0 bridgehead atoms. The number of aryl methyl sites for hydroxylation is 1. The lowest BCUT2D eigenvalue weighted by Crippen LogP contribution is -2.27. The van der Waals surface area contributed by atoms with Crippen molar-refractivity contribution in [3.05, 3.63) is 29.8 Å². The highest BCUT2D eigenvalue weighted by Gasteiger charge is 2.27. The number of nitrogens with one attached hydrogen (secondary N) is 1. The topological polar surface area (TPSA) is 46.2 Å². The van der Waals surface area contributed by atoms with E-state index in [-0.39, 0.29) is 29.0 Å². The van der Waals surface area contributed by atoms with Gasteiger partial charge >= 0.3 is 5.51 Å². The Morgan fingerprint density at radius 3 is 2.44 bits per heavy atom. The van der Waals surface area contributed by atoms with Gasteiger partial charge in [0.25, 0.3) is 0 Å². The van der Waals surface area contributed by atoms with Gasteiger partial charge < -0.3 is 0 Å². The van der Waals surface area contributed by atoms with Gasteiger partial charge in [-0.2, -0.15) is 13.2 Å². The molecule has 1 aromatic carbocycles. The standard InChI is InChI=1S/C10H12F3NO2S2/c1-8-4-2-3-5-9(8)18(15,16)14-6-7-17-10(11,12)13/h2-5,14H,6-7H2,1H3. The summed E-state index contributed by atoms with van der Waals surface area (Å²) in [5.41, 5.74) is -3.79. The zero-order valence-corrected chi connectivity index (χ0v) is 11.1. The molecule has 0 fully saturated rings. The number of benzene rings is 1. The monoisotopic (exact) mass is 299 g/mol. The number of rotatable bonds is 5. The van der Waals surface area contributed by atoms with Crippen molar-refractivity contribution in [3.63, 3.8) is 0 Å². The van der Waals surface area contributed by atoms with E-state index in [4.69, 9.17) is 0 Å². The number of thioether (sulfide) groups is 1. The van der Waals surface area contributed by atoms with Gasteiger partial charge in [0, 0.05) is 12.3 Å². The maximum atomic E-state index is 11.8. The molecule has 0 radical (unpaired) electrons. The van der Waals surface area contributed by atoms with Crippen LogP contribution in [0.25, 0.3) is 0 Å². The van der Waals surface area contributed by atoms with Crippen molar-refractivity contribution in [1.82, 2.24) is 4.72 Å². The molecule has 18 heavy (non-hydrogen) atoms. The molecule has 0 aliphatic heterocycles. The third kappa shape index (κ3) is 4.87. The Kier molecular flexibility index (Phi) is 5.06. The molecular formula is C10H12F3NO2S2. The van der Waals surface area contributed by atoms with Crippen molar-refractivity contribution >= 4 is 21.8 Å². The summed E-state index contributed by atoms with van der Waals surface area (Å²) in [5.74, 6) is -0.353. The first kappa shape index (κ1) is 15.3. The molecule has 0 saturated heterocycles. The van der Waals surface area contributed by atoms with Gasteiger partial charge in [-0.05, 0) is 30.3 Å². The van der Waals surface area contributed by atoms with Crippen LogP contribution in [0.15, 0.2) is 29.2 Å². The molecule has 0 saturated carbocycles. The van der Waals surface area contributed by atoms with Crippen molar-refractivity contribution in [3.8, 4) is 0 Å². The molecule has 0 spiro atoms. The van der Waals surface area contributed by atoms with E-state index in [1.165, 1.54) is 6.07 Å². The average molecular weight is 299 g/mol. The Bertz CT molecular complexity index is 500. The molecule has 102 valence electrons. The highest BCUT2D eigenvalue weighted by atomic mass is 32.2. The zero-order valence-electron chi connectivity index (χ0n) is 9.49. The molecule has 0 unspecified atom stereocenters. The summed E-state index contributed by atoms with van der Waals surface area (Å²) in [7, 11) is -3.74. The van der Waals surface area contributed by atoms with Gasteiger partial charge in [-0.1, -0.05) is 18.2 Å². The Hall–Kier alpha value is -0.730. The van der Waals surface area contributed by atoms with E-state index in [2.05, 4.69) is 4.72 Å². The number of hydrogen-bond acceptors (Lipinski definition) is 3. The molecule has 8 heteroatoms. The van der Waals surface area contributed by atoms with E-state index in [1.807, 2.05) is 0 Å². The lowest BCUT2D eigenvalue weighted by Gasteiger charge is -2.09. The van der Waals surface area contributed by atoms with Crippen LogP contribution in [0.3, 0.4) is 0 Å². The molecule has 0 heterocycles. The third-order valence-electron chi connectivity index (χ3n) is 2.04. The molecule has 1 aromatic rings. The molecular weight excluding hydrogens is 287 g/mol. The van der Waals surface area contributed by atoms with Crippen molar-refractivity contribution in [2.45, 2.75) is 17.3 Å². The first-order chi connectivity index (χ1) is 8.22. The molecule has 0 aromatic heterocycles. The largest absolute Gasteiger partial charge is 0.441 e. The van der Waals surface area contributed by atoms with Gasteiger partial charge in [-0.25, -0.2) is 13.1 Å². The minimum Gasteiger partial charge on any atom is -0.210 e. The number of sulfonamides is 1. The van der Waals surface area contributed by atoms with Gasteiger partial charge in [-0.3, -0.25) is 0 Å². The molecule has 0 aliphatic rings. The summed E-state index contributed by atoms with van der Waals surface area (Å²) in [6, 6.07) is 6.29. The van der Waals surface area contributed by atoms with E-state index in [0.29, 0.717) is 5.56 Å². The van der Waals surface area contributed by atoms with Crippen LogP contribution in [-0.2, 0) is 10.0 Å². The molecule has 0 aliphatic carbocycles. The van der Waals surface area contributed by atoms with Crippen molar-refractivity contribution in [1.29, 1.82) is 0 Å². The Balaban J connectivity index is 2.59. The van der Waals surface area contributed by atoms with Crippen LogP contribution in [-0.4, -0.2) is 26.2 Å². The minimum absolute atomic E-state index is 0.0852. The fourth-order valence-corrected chi connectivity index (χ4v) is 3.12. The van der Waals surface area contributed by atoms with Crippen molar-refractivity contribution < 1.29 is 21.6 Å². The Morgan fingerprint density at radius 2 is 1.89 bits per heavy atom. The summed E-state index contributed by atoms with van der Waals surface area (Å²) in [6.45, 7) is 1.36. The number of halogens is 3. The van der Waals surface area contributed by atoms with Crippen LogP contribution >= 0.6 is 11.8 Å². The average Bonchev–Trinajstić information content (AvgIpc) is 2.24. The second-order valence-electron chi connectivity index (χ2n) is 3.46. The normalized spacial score (nSPS) is 12.7. The summed E-state index contributed by atoms with van der Waals surface area (Å²) >= 11 is -0.253. The van der Waals surface area contributed by atoms with Crippen LogP contribution in [0.4, 0.5) is 13.2 Å². The maximum Gasteiger partial charge on any atom is 0.441 e. The molecule has 0 amide bonds. The van der Waals surface area contributed by atoms with E-state index in [0.717, 1.165) is 0 Å². The highest BCUT2D eigenvalue weighted by Crippen LogP contribution is 2.29. The first-order valence-corrected chi connectivity index (χ1v) is 7.45. The van der Waals surface area contributed by atoms with E-state index in [9.17, 15) is 21.6 Å². The van der Waals surface area contributed by atoms with Gasteiger partial charge in [0.2, 0.25) is 10.0 Å². The second-order valence-corrected chi connectivity index (χ2v) is 6.35. The van der Waals surface area contributed by atoms with Gasteiger partial charge in [0.1, 0.15) is 0 Å². The Labute approximate surface area is 108 Å². The number of alkyl halides is 3. The predicted octanol–water partition coefficient (Wildman–Crippen LogP) is 2.53. The van der Waals surface area contributed by atoms with Crippen LogP contribution in [0.5, 0.6) is 0 Å². The molecule has 3 nitrogen and oxygen atoms in total. The van der Waals surface area contributed by atoms with Crippen molar-refractivity contribution in [2.24, 2.45) is 0 Å². The summed E-state index contributed by atoms with van der Waals surface area (Å²) in [4.78, 5) is 0.0852. The molecule has 1 N–H and O–H groups in total. The second kappa shape index (κ2) is 5.94. The number of hydrogen-bond donors (Lipinski definition) is 1. The molecule has 1 rings (SSSR count). The Morgan fingerprint density at radius 1 is 1.28 bits per heavy atom. The predicted molar refractivity (Wildman–Crippen MR) is 64.9 cm³/mol. The maximum absolute atomic E-state index is 11.8. The SMILES string of the molecule is Cc1ccccc1S(=O)(=O)NCCSC(F)(F)F. The fraction of sp³-hybridized carbons (Fsp3) is 0.400. The van der Waals surface area contributed by atoms with Crippen LogP contribution < -0.4 is 4.72 Å². The lowest BCUT2D eigenvalue weighted by molar-refractivity contribution is -0.0327. The summed E-state index contributed by atoms with van der Waals surface area (Å²) in [6.07, 6.45) is 0.